The van der Waals surface area contributed by atoms with Crippen LogP contribution in [0.1, 0.15) is 12.5 Å². The monoisotopic (exact) mass is 276 g/mol. The number of halogens is 1. The fourth-order valence-corrected chi connectivity index (χ4v) is 2.42. The van der Waals surface area contributed by atoms with Crippen molar-refractivity contribution in [2.75, 3.05) is 31.1 Å². The van der Waals surface area contributed by atoms with Crippen LogP contribution in [-0.2, 0) is 6.54 Å². The fourth-order valence-electron chi connectivity index (χ4n) is 2.42. The van der Waals surface area contributed by atoms with E-state index in [1.807, 2.05) is 19.1 Å². The van der Waals surface area contributed by atoms with E-state index in [0.717, 1.165) is 37.6 Å². The molecule has 0 atom stereocenters. The number of anilines is 1. The van der Waals surface area contributed by atoms with Crippen LogP contribution in [0.5, 0.6) is 0 Å². The average molecular weight is 276 g/mol. The minimum Gasteiger partial charge on any atom is -0.366 e. The third-order valence-corrected chi connectivity index (χ3v) is 3.60. The van der Waals surface area contributed by atoms with Gasteiger partial charge in [0, 0.05) is 38.9 Å². The fraction of sp³-hybridized carbons (Fsp3) is 0.400. The summed E-state index contributed by atoms with van der Waals surface area (Å²) in [5, 5.41) is 0. The molecule has 0 radical (unpaired) electrons. The van der Waals surface area contributed by atoms with Gasteiger partial charge in [0.15, 0.2) is 0 Å². The van der Waals surface area contributed by atoms with Gasteiger partial charge >= 0.3 is 0 Å². The first kappa shape index (κ1) is 14.5. The normalized spacial score (nSPS) is 16.4. The van der Waals surface area contributed by atoms with E-state index in [2.05, 4.69) is 21.4 Å². The maximum Gasteiger partial charge on any atom is 0.146 e. The van der Waals surface area contributed by atoms with Crippen LogP contribution < -0.4 is 10.6 Å². The van der Waals surface area contributed by atoms with Crippen molar-refractivity contribution < 1.29 is 4.39 Å². The predicted molar refractivity (Wildman–Crippen MR) is 81.4 cm³/mol. The van der Waals surface area contributed by atoms with Crippen molar-refractivity contribution >= 4 is 11.5 Å². The first-order valence-electron chi connectivity index (χ1n) is 6.79. The van der Waals surface area contributed by atoms with Gasteiger partial charge in [-0.25, -0.2) is 9.38 Å². The minimum atomic E-state index is -0.196. The molecule has 1 heterocycles. The highest BCUT2D eigenvalue weighted by atomic mass is 19.1. The molecule has 0 unspecified atom stereocenters. The number of amidine groups is 1. The zero-order valence-corrected chi connectivity index (χ0v) is 11.8. The van der Waals surface area contributed by atoms with Gasteiger partial charge in [-0.3, -0.25) is 0 Å². The molecule has 5 heteroatoms. The van der Waals surface area contributed by atoms with Gasteiger partial charge in [-0.1, -0.05) is 12.6 Å². The Morgan fingerprint density at radius 1 is 1.40 bits per heavy atom. The van der Waals surface area contributed by atoms with Crippen LogP contribution in [0, 0.1) is 5.82 Å². The molecule has 4 nitrogen and oxygen atoms in total. The standard InChI is InChI=1S/C15H21FN4/c1-3-18-12(2)19-6-8-20(9-7-19)15-5-4-13(11-17)10-14(15)16/h3-5,10H,1,6-9,11,17H2,2H3/b18-12+. The summed E-state index contributed by atoms with van der Waals surface area (Å²) in [6.45, 7) is 9.16. The van der Waals surface area contributed by atoms with E-state index in [9.17, 15) is 4.39 Å². The molecule has 0 amide bonds. The van der Waals surface area contributed by atoms with E-state index in [-0.39, 0.29) is 5.82 Å². The molecule has 1 saturated heterocycles. The van der Waals surface area contributed by atoms with Gasteiger partial charge in [0.2, 0.25) is 0 Å². The molecule has 2 rings (SSSR count). The SMILES string of the molecule is C=C/N=C(\C)N1CCN(c2ccc(CN)cc2F)CC1. The van der Waals surface area contributed by atoms with E-state index in [1.54, 1.807) is 6.20 Å². The summed E-state index contributed by atoms with van der Waals surface area (Å²) >= 11 is 0. The molecular weight excluding hydrogens is 255 g/mol. The summed E-state index contributed by atoms with van der Waals surface area (Å²) in [6.07, 6.45) is 1.55. The van der Waals surface area contributed by atoms with E-state index < -0.39 is 0 Å². The molecule has 0 spiro atoms. The summed E-state index contributed by atoms with van der Waals surface area (Å²) in [6, 6.07) is 5.22. The topological polar surface area (TPSA) is 44.9 Å². The Morgan fingerprint density at radius 2 is 2.10 bits per heavy atom. The summed E-state index contributed by atoms with van der Waals surface area (Å²) < 4.78 is 14.1. The number of nitrogens with zero attached hydrogens (tertiary/aromatic N) is 3. The molecular formula is C15H21FN4. The molecule has 108 valence electrons. The Balaban J connectivity index is 2.04. The van der Waals surface area contributed by atoms with Gasteiger partial charge in [-0.2, -0.15) is 0 Å². The first-order chi connectivity index (χ1) is 9.65. The molecule has 0 saturated carbocycles. The smallest absolute Gasteiger partial charge is 0.146 e. The third-order valence-electron chi connectivity index (χ3n) is 3.60. The summed E-state index contributed by atoms with van der Waals surface area (Å²) in [5.41, 5.74) is 6.99. The highest BCUT2D eigenvalue weighted by Crippen LogP contribution is 2.22. The highest BCUT2D eigenvalue weighted by Gasteiger charge is 2.20. The van der Waals surface area contributed by atoms with Gasteiger partial charge in [0.1, 0.15) is 11.7 Å². The van der Waals surface area contributed by atoms with Crippen LogP contribution in [0.3, 0.4) is 0 Å². The maximum atomic E-state index is 14.1. The van der Waals surface area contributed by atoms with E-state index in [1.165, 1.54) is 6.07 Å². The predicted octanol–water partition coefficient (Wildman–Crippen LogP) is 1.97. The first-order valence-corrected chi connectivity index (χ1v) is 6.79. The minimum absolute atomic E-state index is 0.196. The lowest BCUT2D eigenvalue weighted by Gasteiger charge is -2.37. The highest BCUT2D eigenvalue weighted by molar-refractivity contribution is 5.80. The van der Waals surface area contributed by atoms with Crippen molar-refractivity contribution in [3.05, 3.63) is 42.4 Å². The van der Waals surface area contributed by atoms with Crippen LogP contribution in [0.4, 0.5) is 10.1 Å². The quantitative estimate of drug-likeness (QED) is 0.678. The largest absolute Gasteiger partial charge is 0.366 e. The lowest BCUT2D eigenvalue weighted by atomic mass is 10.1. The zero-order chi connectivity index (χ0) is 14.5. The van der Waals surface area contributed by atoms with Crippen LogP contribution in [0.2, 0.25) is 0 Å². The van der Waals surface area contributed by atoms with E-state index in [4.69, 9.17) is 5.73 Å². The van der Waals surface area contributed by atoms with Crippen molar-refractivity contribution in [3.8, 4) is 0 Å². The number of aliphatic imine (C=N–C) groups is 1. The number of hydrogen-bond acceptors (Lipinski definition) is 3. The molecule has 20 heavy (non-hydrogen) atoms. The number of benzene rings is 1. The Morgan fingerprint density at radius 3 is 2.65 bits per heavy atom. The molecule has 0 bridgehead atoms. The molecule has 1 fully saturated rings. The maximum absolute atomic E-state index is 14.1. The second-order valence-corrected chi connectivity index (χ2v) is 4.82. The van der Waals surface area contributed by atoms with Crippen LogP contribution in [0.15, 0.2) is 36.0 Å². The number of hydrogen-bond donors (Lipinski definition) is 1. The molecule has 0 aromatic heterocycles. The van der Waals surface area contributed by atoms with Gasteiger partial charge in [0.25, 0.3) is 0 Å². The number of rotatable bonds is 3. The molecule has 2 N–H and O–H groups in total. The van der Waals surface area contributed by atoms with Gasteiger partial charge < -0.3 is 15.5 Å². The van der Waals surface area contributed by atoms with Crippen molar-refractivity contribution in [3.63, 3.8) is 0 Å². The Kier molecular flexibility index (Phi) is 4.74. The average Bonchev–Trinajstić information content (AvgIpc) is 2.47. The van der Waals surface area contributed by atoms with Crippen molar-refractivity contribution in [2.45, 2.75) is 13.5 Å². The van der Waals surface area contributed by atoms with E-state index in [0.29, 0.717) is 12.2 Å². The summed E-state index contributed by atoms with van der Waals surface area (Å²) in [5.74, 6) is 0.761. The van der Waals surface area contributed by atoms with E-state index >= 15 is 0 Å². The number of piperazine rings is 1. The Hall–Kier alpha value is -1.88. The lowest BCUT2D eigenvalue weighted by Crippen LogP contribution is -2.48. The molecule has 1 aliphatic heterocycles. The summed E-state index contributed by atoms with van der Waals surface area (Å²) in [4.78, 5) is 8.43. The van der Waals surface area contributed by atoms with Crippen molar-refractivity contribution in [2.24, 2.45) is 10.7 Å². The zero-order valence-electron chi connectivity index (χ0n) is 11.8. The van der Waals surface area contributed by atoms with Gasteiger partial charge in [-0.15, -0.1) is 0 Å². The Labute approximate surface area is 119 Å². The van der Waals surface area contributed by atoms with Crippen LogP contribution >= 0.6 is 0 Å². The summed E-state index contributed by atoms with van der Waals surface area (Å²) in [7, 11) is 0. The van der Waals surface area contributed by atoms with Crippen LogP contribution in [0.25, 0.3) is 0 Å². The second-order valence-electron chi connectivity index (χ2n) is 4.82. The number of nitrogens with two attached hydrogens (primary N) is 1. The van der Waals surface area contributed by atoms with Gasteiger partial charge in [0.05, 0.1) is 5.69 Å². The molecule has 1 aliphatic rings. The Bertz CT molecular complexity index is 505. The second kappa shape index (κ2) is 6.52. The van der Waals surface area contributed by atoms with Crippen molar-refractivity contribution in [1.29, 1.82) is 0 Å². The van der Waals surface area contributed by atoms with Crippen LogP contribution in [-0.4, -0.2) is 36.9 Å². The molecule has 1 aromatic rings. The van der Waals surface area contributed by atoms with Crippen molar-refractivity contribution in [1.82, 2.24) is 4.90 Å². The molecule has 0 aliphatic carbocycles. The van der Waals surface area contributed by atoms with Gasteiger partial charge in [-0.05, 0) is 24.6 Å². The lowest BCUT2D eigenvalue weighted by molar-refractivity contribution is 0.382. The third kappa shape index (κ3) is 3.17. The molecule has 1 aromatic carbocycles.